The second-order valence-corrected chi connectivity index (χ2v) is 5.91. The second kappa shape index (κ2) is 6.75. The highest BCUT2D eigenvalue weighted by atomic mass is 32.1. The molecule has 9 heteroatoms. The molecule has 0 aliphatic carbocycles. The molecule has 0 bridgehead atoms. The molecule has 0 fully saturated rings. The fourth-order valence-corrected chi connectivity index (χ4v) is 2.93. The second-order valence-electron chi connectivity index (χ2n) is 5.06. The summed E-state index contributed by atoms with van der Waals surface area (Å²) in [4.78, 5) is 15.6. The van der Waals surface area contributed by atoms with E-state index in [0.717, 1.165) is 5.38 Å². The molecule has 5 nitrogen and oxygen atoms in total. The van der Waals surface area contributed by atoms with Crippen LogP contribution in [-0.4, -0.2) is 24.1 Å². The van der Waals surface area contributed by atoms with Crippen LogP contribution in [0.15, 0.2) is 29.2 Å². The molecule has 132 valence electrons. The highest BCUT2D eigenvalue weighted by molar-refractivity contribution is 7.14. The van der Waals surface area contributed by atoms with Gasteiger partial charge in [-0.1, -0.05) is 12.1 Å². The Balaban J connectivity index is 1.77. The van der Waals surface area contributed by atoms with Crippen molar-refractivity contribution in [1.29, 1.82) is 0 Å². The quantitative estimate of drug-likeness (QED) is 0.885. The van der Waals surface area contributed by atoms with Crippen molar-refractivity contribution in [3.63, 3.8) is 0 Å². The average molecular weight is 370 g/mol. The number of halogens is 3. The smallest absolute Gasteiger partial charge is 0.434 e. The number of anilines is 1. The summed E-state index contributed by atoms with van der Waals surface area (Å²) in [5.41, 5.74) is -0.0873. The molecule has 1 amide bonds. The molecular formula is C16H13F3N2O3S. The normalized spacial score (nSPS) is 13.5. The summed E-state index contributed by atoms with van der Waals surface area (Å²) in [7, 11) is 0. The van der Waals surface area contributed by atoms with Gasteiger partial charge in [-0.3, -0.25) is 10.1 Å². The fraction of sp³-hybridized carbons (Fsp3) is 0.250. The highest BCUT2D eigenvalue weighted by Gasteiger charge is 2.34. The van der Waals surface area contributed by atoms with Crippen LogP contribution in [0.25, 0.3) is 6.08 Å². The Labute approximate surface area is 145 Å². The van der Waals surface area contributed by atoms with Crippen molar-refractivity contribution < 1.29 is 27.4 Å². The van der Waals surface area contributed by atoms with Crippen LogP contribution in [0.2, 0.25) is 0 Å². The van der Waals surface area contributed by atoms with Crippen LogP contribution >= 0.6 is 11.3 Å². The molecule has 1 aliphatic heterocycles. The van der Waals surface area contributed by atoms with Crippen LogP contribution in [0.3, 0.4) is 0 Å². The Morgan fingerprint density at radius 3 is 2.92 bits per heavy atom. The van der Waals surface area contributed by atoms with Crippen molar-refractivity contribution in [3.05, 3.63) is 40.4 Å². The maximum atomic E-state index is 12.5. The van der Waals surface area contributed by atoms with Crippen LogP contribution in [0.4, 0.5) is 18.3 Å². The van der Waals surface area contributed by atoms with E-state index in [-0.39, 0.29) is 17.3 Å². The molecule has 0 saturated heterocycles. The maximum absolute atomic E-state index is 12.5. The number of aromatic nitrogens is 1. The minimum atomic E-state index is -4.54. The van der Waals surface area contributed by atoms with E-state index in [4.69, 9.17) is 9.47 Å². The van der Waals surface area contributed by atoms with E-state index in [2.05, 4.69) is 10.3 Å². The Morgan fingerprint density at radius 2 is 2.24 bits per heavy atom. The number of hydrogen-bond donors (Lipinski definition) is 1. The van der Waals surface area contributed by atoms with Crippen LogP contribution in [0.1, 0.15) is 18.2 Å². The minimum Gasteiger partial charge on any atom is -0.490 e. The van der Waals surface area contributed by atoms with Crippen molar-refractivity contribution >= 4 is 28.5 Å². The number of nitrogens with zero attached hydrogens (tertiary/aromatic N) is 1. The number of thiazole rings is 1. The largest absolute Gasteiger partial charge is 0.490 e. The summed E-state index contributed by atoms with van der Waals surface area (Å²) in [5.74, 6) is 0.551. The molecule has 0 spiro atoms. The van der Waals surface area contributed by atoms with Gasteiger partial charge < -0.3 is 9.47 Å². The lowest BCUT2D eigenvalue weighted by Crippen LogP contribution is -2.21. The number of benzene rings is 1. The molecule has 0 atom stereocenters. The number of carbonyl (C=O) groups excluding carboxylic acids is 1. The first kappa shape index (κ1) is 17.3. The molecular weight excluding hydrogens is 357 g/mol. The van der Waals surface area contributed by atoms with E-state index in [1.165, 1.54) is 0 Å². The number of rotatable bonds is 4. The van der Waals surface area contributed by atoms with E-state index in [1.54, 1.807) is 24.3 Å². The molecule has 1 N–H and O–H groups in total. The van der Waals surface area contributed by atoms with Gasteiger partial charge in [-0.2, -0.15) is 13.2 Å². The van der Waals surface area contributed by atoms with E-state index in [1.807, 2.05) is 6.92 Å². The zero-order valence-corrected chi connectivity index (χ0v) is 13.8. The number of ether oxygens (including phenoxy) is 2. The molecule has 2 heterocycles. The lowest BCUT2D eigenvalue weighted by molar-refractivity contribution is -0.140. The summed E-state index contributed by atoms with van der Waals surface area (Å²) in [6.07, 6.45) is -2.92. The predicted molar refractivity (Wildman–Crippen MR) is 86.8 cm³/mol. The third kappa shape index (κ3) is 3.76. The lowest BCUT2D eigenvalue weighted by atomic mass is 10.1. The molecule has 1 aromatic carbocycles. The monoisotopic (exact) mass is 370 g/mol. The topological polar surface area (TPSA) is 60.5 Å². The van der Waals surface area contributed by atoms with Crippen molar-refractivity contribution in [2.24, 2.45) is 0 Å². The summed E-state index contributed by atoms with van der Waals surface area (Å²) >= 11 is 0.712. The van der Waals surface area contributed by atoms with Gasteiger partial charge in [-0.25, -0.2) is 4.98 Å². The van der Waals surface area contributed by atoms with E-state index < -0.39 is 17.8 Å². The van der Waals surface area contributed by atoms with Crippen molar-refractivity contribution in [2.75, 3.05) is 18.5 Å². The van der Waals surface area contributed by atoms with Crippen LogP contribution in [-0.2, 0) is 11.0 Å². The number of fused-ring (bicyclic) bond motifs is 1. The maximum Gasteiger partial charge on any atom is 0.434 e. The van der Waals surface area contributed by atoms with Gasteiger partial charge in [0, 0.05) is 10.9 Å². The number of carbonyl (C=O) groups is 1. The van der Waals surface area contributed by atoms with Crippen LogP contribution in [0, 0.1) is 0 Å². The van der Waals surface area contributed by atoms with E-state index in [0.29, 0.717) is 35.0 Å². The van der Waals surface area contributed by atoms with Gasteiger partial charge in [0.15, 0.2) is 22.3 Å². The summed E-state index contributed by atoms with van der Waals surface area (Å²) in [5, 5.41) is 3.10. The van der Waals surface area contributed by atoms with Gasteiger partial charge in [-0.05, 0) is 19.1 Å². The van der Waals surface area contributed by atoms with Crippen LogP contribution in [0.5, 0.6) is 11.5 Å². The first-order chi connectivity index (χ1) is 11.9. The Bertz CT molecular complexity index is 830. The molecule has 0 radical (unpaired) electrons. The zero-order valence-electron chi connectivity index (χ0n) is 13.0. The van der Waals surface area contributed by atoms with E-state index >= 15 is 0 Å². The van der Waals surface area contributed by atoms with Crippen molar-refractivity contribution in [3.8, 4) is 11.5 Å². The van der Waals surface area contributed by atoms with Crippen molar-refractivity contribution in [2.45, 2.75) is 13.1 Å². The third-order valence-corrected chi connectivity index (χ3v) is 4.08. The summed E-state index contributed by atoms with van der Waals surface area (Å²) in [6, 6.07) is 5.28. The van der Waals surface area contributed by atoms with Gasteiger partial charge in [0.25, 0.3) is 5.91 Å². The predicted octanol–water partition coefficient (Wildman–Crippen LogP) is 3.98. The third-order valence-electron chi connectivity index (χ3n) is 3.32. The van der Waals surface area contributed by atoms with Crippen molar-refractivity contribution in [1.82, 2.24) is 4.98 Å². The molecule has 2 aromatic rings. The van der Waals surface area contributed by atoms with Gasteiger partial charge in [-0.15, -0.1) is 11.3 Å². The zero-order chi connectivity index (χ0) is 18.0. The Morgan fingerprint density at radius 1 is 1.44 bits per heavy atom. The standard InChI is InChI=1S/C16H13F3N2O3S/c1-2-23-11-5-3-4-9-6-10(7-24-13(9)11)14(22)21-15-20-12(8-25-15)16(17,18)19/h3-6,8H,2,7H2,1H3,(H,20,21,22). The summed E-state index contributed by atoms with van der Waals surface area (Å²) in [6.45, 7) is 2.31. The first-order valence-corrected chi connectivity index (χ1v) is 8.19. The molecule has 1 aliphatic rings. The first-order valence-electron chi connectivity index (χ1n) is 7.31. The number of amides is 1. The lowest BCUT2D eigenvalue weighted by Gasteiger charge is -2.19. The van der Waals surface area contributed by atoms with E-state index in [9.17, 15) is 18.0 Å². The van der Waals surface area contributed by atoms with Gasteiger partial charge in [0.1, 0.15) is 6.61 Å². The molecule has 0 saturated carbocycles. The number of alkyl halides is 3. The molecule has 25 heavy (non-hydrogen) atoms. The fourth-order valence-electron chi connectivity index (χ4n) is 2.22. The minimum absolute atomic E-state index is 0.0135. The van der Waals surface area contributed by atoms with Gasteiger partial charge in [0.05, 0.1) is 12.2 Å². The highest BCUT2D eigenvalue weighted by Crippen LogP contribution is 2.36. The Hall–Kier alpha value is -2.55. The summed E-state index contributed by atoms with van der Waals surface area (Å²) < 4.78 is 48.7. The Kier molecular flexibility index (Phi) is 4.67. The number of hydrogen-bond acceptors (Lipinski definition) is 5. The number of para-hydroxylation sites is 1. The van der Waals surface area contributed by atoms with Gasteiger partial charge >= 0.3 is 6.18 Å². The SMILES string of the molecule is CCOc1cccc2c1OCC(C(=O)Nc1nc(C(F)(F)F)cs1)=C2. The molecule has 3 rings (SSSR count). The van der Waals surface area contributed by atoms with Crippen LogP contribution < -0.4 is 14.8 Å². The molecule has 0 unspecified atom stereocenters. The number of nitrogens with one attached hydrogen (secondary N) is 1. The average Bonchev–Trinajstić information content (AvgIpc) is 3.04. The molecule has 1 aromatic heterocycles. The van der Waals surface area contributed by atoms with Gasteiger partial charge in [0.2, 0.25) is 0 Å².